The molecule has 0 radical (unpaired) electrons. The molecule has 4 heterocycles. The second-order valence-corrected chi connectivity index (χ2v) is 6.21. The van der Waals surface area contributed by atoms with E-state index in [0.717, 1.165) is 48.7 Å². The summed E-state index contributed by atoms with van der Waals surface area (Å²) in [6.45, 7) is 2.30. The molecular formula is C17H19N9. The summed E-state index contributed by atoms with van der Waals surface area (Å²) < 4.78 is 1.75. The molecule has 0 aromatic carbocycles. The van der Waals surface area contributed by atoms with Crippen LogP contribution in [0.4, 0.5) is 11.8 Å². The molecule has 3 aromatic rings. The van der Waals surface area contributed by atoms with Gasteiger partial charge in [0.15, 0.2) is 5.65 Å². The number of fused-ring (bicyclic) bond motifs is 1. The van der Waals surface area contributed by atoms with Gasteiger partial charge in [-0.1, -0.05) is 0 Å². The summed E-state index contributed by atoms with van der Waals surface area (Å²) in [4.78, 5) is 19.6. The molecule has 9 nitrogen and oxygen atoms in total. The number of hydrogen-bond acceptors (Lipinski definition) is 8. The highest BCUT2D eigenvalue weighted by atomic mass is 15.3. The number of piperidine rings is 1. The molecule has 132 valence electrons. The molecule has 4 rings (SSSR count). The number of anilines is 2. The van der Waals surface area contributed by atoms with Crippen LogP contribution in [0.25, 0.3) is 11.0 Å². The summed E-state index contributed by atoms with van der Waals surface area (Å²) in [7, 11) is 0. The molecule has 1 saturated heterocycles. The number of aryl methyl sites for hydroxylation is 1. The van der Waals surface area contributed by atoms with Crippen LogP contribution in [0.1, 0.15) is 19.3 Å². The van der Waals surface area contributed by atoms with Gasteiger partial charge in [0.2, 0.25) is 5.95 Å². The molecule has 0 amide bonds. The van der Waals surface area contributed by atoms with Crippen molar-refractivity contribution < 1.29 is 0 Å². The molecule has 1 fully saturated rings. The summed E-state index contributed by atoms with van der Waals surface area (Å²) in [5, 5.41) is 17.5. The van der Waals surface area contributed by atoms with E-state index < -0.39 is 0 Å². The normalized spacial score (nSPS) is 17.2. The van der Waals surface area contributed by atoms with Crippen LogP contribution in [0.2, 0.25) is 0 Å². The molecule has 0 spiro atoms. The van der Waals surface area contributed by atoms with Gasteiger partial charge in [-0.25, -0.2) is 24.6 Å². The second kappa shape index (κ2) is 7.31. The van der Waals surface area contributed by atoms with Gasteiger partial charge in [0, 0.05) is 31.5 Å². The van der Waals surface area contributed by atoms with E-state index in [0.29, 0.717) is 13.0 Å². The van der Waals surface area contributed by atoms with Gasteiger partial charge in [0.05, 0.1) is 30.6 Å². The van der Waals surface area contributed by atoms with Crippen molar-refractivity contribution in [1.29, 1.82) is 5.26 Å². The molecule has 1 atom stereocenters. The van der Waals surface area contributed by atoms with Crippen molar-refractivity contribution in [3.8, 4) is 6.07 Å². The summed E-state index contributed by atoms with van der Waals surface area (Å²) in [6, 6.07) is 4.20. The first-order chi connectivity index (χ1) is 12.8. The Labute approximate surface area is 150 Å². The second-order valence-electron chi connectivity index (χ2n) is 6.21. The van der Waals surface area contributed by atoms with E-state index in [9.17, 15) is 0 Å². The first kappa shape index (κ1) is 16.2. The van der Waals surface area contributed by atoms with Crippen LogP contribution in [0.5, 0.6) is 0 Å². The number of aromatic nitrogens is 6. The predicted octanol–water partition coefficient (Wildman–Crippen LogP) is 1.61. The van der Waals surface area contributed by atoms with Gasteiger partial charge in [0.1, 0.15) is 12.1 Å². The van der Waals surface area contributed by atoms with Gasteiger partial charge in [0.25, 0.3) is 0 Å². The van der Waals surface area contributed by atoms with Crippen molar-refractivity contribution >= 4 is 22.8 Å². The number of rotatable bonds is 5. The molecule has 26 heavy (non-hydrogen) atoms. The summed E-state index contributed by atoms with van der Waals surface area (Å²) in [6.07, 6.45) is 9.35. The van der Waals surface area contributed by atoms with Crippen molar-refractivity contribution in [1.82, 2.24) is 29.7 Å². The van der Waals surface area contributed by atoms with Crippen molar-refractivity contribution in [3.05, 3.63) is 31.0 Å². The third kappa shape index (κ3) is 3.26. The molecule has 0 saturated carbocycles. The van der Waals surface area contributed by atoms with Crippen molar-refractivity contribution in [2.75, 3.05) is 23.3 Å². The highest BCUT2D eigenvalue weighted by Crippen LogP contribution is 2.23. The third-order valence-electron chi connectivity index (χ3n) is 4.47. The summed E-state index contributed by atoms with van der Waals surface area (Å²) in [5.74, 6) is 1.54. The van der Waals surface area contributed by atoms with E-state index in [-0.39, 0.29) is 6.04 Å². The Balaban J connectivity index is 1.52. The minimum atomic E-state index is 0.244. The van der Waals surface area contributed by atoms with Crippen LogP contribution < -0.4 is 10.2 Å². The lowest BCUT2D eigenvalue weighted by molar-refractivity contribution is 0.522. The Kier molecular flexibility index (Phi) is 4.55. The van der Waals surface area contributed by atoms with Gasteiger partial charge in [-0.15, -0.1) is 0 Å². The van der Waals surface area contributed by atoms with Crippen LogP contribution in [0, 0.1) is 11.3 Å². The van der Waals surface area contributed by atoms with Gasteiger partial charge >= 0.3 is 0 Å². The van der Waals surface area contributed by atoms with Crippen molar-refractivity contribution in [2.45, 2.75) is 31.8 Å². The molecular weight excluding hydrogens is 330 g/mol. The van der Waals surface area contributed by atoms with Crippen LogP contribution >= 0.6 is 0 Å². The van der Waals surface area contributed by atoms with Gasteiger partial charge in [-0.2, -0.15) is 10.4 Å². The summed E-state index contributed by atoms with van der Waals surface area (Å²) in [5.41, 5.74) is 0.747. The molecule has 3 aromatic heterocycles. The Morgan fingerprint density at radius 2 is 2.12 bits per heavy atom. The zero-order chi connectivity index (χ0) is 17.8. The van der Waals surface area contributed by atoms with Crippen LogP contribution in [-0.4, -0.2) is 48.8 Å². The first-order valence-electron chi connectivity index (χ1n) is 8.67. The number of nitrogens with zero attached hydrogens (tertiary/aromatic N) is 8. The maximum absolute atomic E-state index is 8.78. The monoisotopic (exact) mass is 349 g/mol. The Morgan fingerprint density at radius 3 is 2.96 bits per heavy atom. The maximum Gasteiger partial charge on any atom is 0.225 e. The molecule has 9 heteroatoms. The van der Waals surface area contributed by atoms with Crippen LogP contribution in [0.15, 0.2) is 31.0 Å². The summed E-state index contributed by atoms with van der Waals surface area (Å²) >= 11 is 0. The minimum absolute atomic E-state index is 0.244. The molecule has 0 aliphatic carbocycles. The lowest BCUT2D eigenvalue weighted by Crippen LogP contribution is -2.43. The quantitative estimate of drug-likeness (QED) is 0.740. The first-order valence-corrected chi connectivity index (χ1v) is 8.67. The van der Waals surface area contributed by atoms with Crippen molar-refractivity contribution in [3.63, 3.8) is 0 Å². The van der Waals surface area contributed by atoms with Gasteiger partial charge < -0.3 is 10.2 Å². The Morgan fingerprint density at radius 1 is 1.23 bits per heavy atom. The zero-order valence-corrected chi connectivity index (χ0v) is 14.3. The van der Waals surface area contributed by atoms with Crippen LogP contribution in [0.3, 0.4) is 0 Å². The fourth-order valence-corrected chi connectivity index (χ4v) is 3.25. The molecule has 1 aliphatic rings. The number of hydrogen-bond donors (Lipinski definition) is 1. The number of nitriles is 1. The minimum Gasteiger partial charge on any atom is -0.365 e. The highest BCUT2D eigenvalue weighted by Gasteiger charge is 2.22. The van der Waals surface area contributed by atoms with E-state index in [4.69, 9.17) is 5.26 Å². The fraction of sp³-hybridized carbons (Fsp3) is 0.412. The number of nitrogens with one attached hydrogen (secondary N) is 1. The van der Waals surface area contributed by atoms with E-state index in [2.05, 4.69) is 41.3 Å². The smallest absolute Gasteiger partial charge is 0.225 e. The SMILES string of the molecule is N#CCCn1ncc2c(NC3CCCN(c4ncccn4)C3)ncnc21. The predicted molar refractivity (Wildman–Crippen MR) is 96.4 cm³/mol. The third-order valence-corrected chi connectivity index (χ3v) is 4.47. The lowest BCUT2D eigenvalue weighted by atomic mass is 10.1. The van der Waals surface area contributed by atoms with Crippen LogP contribution in [-0.2, 0) is 6.54 Å². The molecule has 0 bridgehead atoms. The maximum atomic E-state index is 8.78. The zero-order valence-electron chi connectivity index (χ0n) is 14.3. The Hall–Kier alpha value is -3.28. The average molecular weight is 349 g/mol. The van der Waals surface area contributed by atoms with Crippen molar-refractivity contribution in [2.24, 2.45) is 0 Å². The standard InChI is InChI=1S/C17H19N9/c18-5-2-9-26-16-14(10-23-26)15(21-12-22-16)24-13-4-1-8-25(11-13)17-19-6-3-7-20-17/h3,6-7,10,12-13H,1-2,4,8-9,11H2,(H,21,22,24). The lowest BCUT2D eigenvalue weighted by Gasteiger charge is -2.33. The van der Waals surface area contributed by atoms with E-state index in [1.54, 1.807) is 23.3 Å². The highest BCUT2D eigenvalue weighted by molar-refractivity contribution is 5.86. The average Bonchev–Trinajstić information content (AvgIpc) is 3.11. The topological polar surface area (TPSA) is 108 Å². The van der Waals surface area contributed by atoms with E-state index >= 15 is 0 Å². The Bertz CT molecular complexity index is 915. The van der Waals surface area contributed by atoms with E-state index in [1.165, 1.54) is 6.33 Å². The van der Waals surface area contributed by atoms with Gasteiger partial charge in [-0.3, -0.25) is 0 Å². The van der Waals surface area contributed by atoms with E-state index in [1.807, 2.05) is 6.07 Å². The molecule has 1 aliphatic heterocycles. The molecule has 1 unspecified atom stereocenters. The molecule has 1 N–H and O–H groups in total. The van der Waals surface area contributed by atoms with Gasteiger partial charge in [-0.05, 0) is 18.9 Å². The largest absolute Gasteiger partial charge is 0.365 e. The fourth-order valence-electron chi connectivity index (χ4n) is 3.25.